The van der Waals surface area contributed by atoms with Gasteiger partial charge in [-0.3, -0.25) is 0 Å². The smallest absolute Gasteiger partial charge is 0.175 e. The Bertz CT molecular complexity index is 469. The highest BCUT2D eigenvalue weighted by Gasteiger charge is 2.10. The number of methoxy groups -OCH3 is 1. The number of fused-ring (bicyclic) bond motifs is 1. The molecule has 0 aliphatic carbocycles. The van der Waals surface area contributed by atoms with Crippen molar-refractivity contribution in [3.63, 3.8) is 0 Å². The summed E-state index contributed by atoms with van der Waals surface area (Å²) in [6.45, 7) is 4.37. The van der Waals surface area contributed by atoms with Crippen molar-refractivity contribution in [2.75, 3.05) is 7.11 Å². The molecule has 0 aliphatic rings. The first-order valence-corrected chi connectivity index (χ1v) is 5.58. The van der Waals surface area contributed by atoms with Crippen molar-refractivity contribution in [3.05, 3.63) is 36.4 Å². The zero-order valence-electron chi connectivity index (χ0n) is 9.99. The largest absolute Gasteiger partial charge is 0.493 e. The molecule has 2 aromatic rings. The van der Waals surface area contributed by atoms with Gasteiger partial charge in [-0.1, -0.05) is 26.0 Å². The Morgan fingerprint density at radius 2 is 2.19 bits per heavy atom. The van der Waals surface area contributed by atoms with Gasteiger partial charge < -0.3 is 9.15 Å². The van der Waals surface area contributed by atoms with Gasteiger partial charge in [-0.15, -0.1) is 0 Å². The van der Waals surface area contributed by atoms with E-state index in [1.807, 2.05) is 18.4 Å². The molecule has 16 heavy (non-hydrogen) atoms. The molecule has 2 rings (SSSR count). The SMILES string of the molecule is COc1cccc2c(C[CH]C(C)C)coc12. The van der Waals surface area contributed by atoms with Gasteiger partial charge in [0.15, 0.2) is 11.3 Å². The van der Waals surface area contributed by atoms with Crippen molar-refractivity contribution in [2.45, 2.75) is 20.3 Å². The maximum atomic E-state index is 5.56. The highest BCUT2D eigenvalue weighted by Crippen LogP contribution is 2.30. The fourth-order valence-electron chi connectivity index (χ4n) is 1.77. The lowest BCUT2D eigenvalue weighted by Gasteiger charge is -2.02. The van der Waals surface area contributed by atoms with Gasteiger partial charge in [0, 0.05) is 5.39 Å². The van der Waals surface area contributed by atoms with E-state index in [1.165, 1.54) is 5.56 Å². The summed E-state index contributed by atoms with van der Waals surface area (Å²) in [5, 5.41) is 1.15. The topological polar surface area (TPSA) is 22.4 Å². The molecule has 0 atom stereocenters. The van der Waals surface area contributed by atoms with Crippen LogP contribution in [0.4, 0.5) is 0 Å². The molecule has 0 bridgehead atoms. The van der Waals surface area contributed by atoms with E-state index in [4.69, 9.17) is 9.15 Å². The molecule has 1 heterocycles. The van der Waals surface area contributed by atoms with E-state index in [0.29, 0.717) is 5.92 Å². The van der Waals surface area contributed by atoms with Gasteiger partial charge in [-0.25, -0.2) is 0 Å². The maximum absolute atomic E-state index is 5.56. The highest BCUT2D eigenvalue weighted by atomic mass is 16.5. The molecule has 0 saturated heterocycles. The number of hydrogen-bond acceptors (Lipinski definition) is 2. The Morgan fingerprint density at radius 3 is 2.88 bits per heavy atom. The number of rotatable bonds is 4. The third kappa shape index (κ3) is 2.06. The van der Waals surface area contributed by atoms with Gasteiger partial charge in [0.1, 0.15) is 0 Å². The molecule has 0 saturated carbocycles. The molecule has 2 nitrogen and oxygen atoms in total. The minimum absolute atomic E-state index is 0.593. The number of para-hydroxylation sites is 1. The standard InChI is InChI=1S/C14H17O2/c1-10(2)7-8-11-9-16-14-12(11)5-4-6-13(14)15-3/h4-7,9-10H,8H2,1-3H3. The fraction of sp³-hybridized carbons (Fsp3) is 0.357. The fourth-order valence-corrected chi connectivity index (χ4v) is 1.77. The second kappa shape index (κ2) is 4.60. The van der Waals surface area contributed by atoms with E-state index < -0.39 is 0 Å². The zero-order chi connectivity index (χ0) is 11.5. The van der Waals surface area contributed by atoms with Gasteiger partial charge in [-0.05, 0) is 30.4 Å². The van der Waals surface area contributed by atoms with Crippen LogP contribution in [0, 0.1) is 12.3 Å². The first kappa shape index (κ1) is 11.1. The lowest BCUT2D eigenvalue weighted by molar-refractivity contribution is 0.410. The minimum Gasteiger partial charge on any atom is -0.493 e. The Balaban J connectivity index is 2.34. The van der Waals surface area contributed by atoms with Crippen LogP contribution in [0.25, 0.3) is 11.0 Å². The molecule has 85 valence electrons. The van der Waals surface area contributed by atoms with Crippen LogP contribution in [0.5, 0.6) is 5.75 Å². The van der Waals surface area contributed by atoms with Gasteiger partial charge in [0.25, 0.3) is 0 Å². The lowest BCUT2D eigenvalue weighted by Crippen LogP contribution is -1.92. The van der Waals surface area contributed by atoms with Crippen LogP contribution in [0.2, 0.25) is 0 Å². The van der Waals surface area contributed by atoms with Crippen molar-refractivity contribution in [2.24, 2.45) is 5.92 Å². The summed E-state index contributed by atoms with van der Waals surface area (Å²) in [4.78, 5) is 0. The summed E-state index contributed by atoms with van der Waals surface area (Å²) in [7, 11) is 1.66. The van der Waals surface area contributed by atoms with Crippen LogP contribution in [0.3, 0.4) is 0 Å². The Morgan fingerprint density at radius 1 is 1.38 bits per heavy atom. The minimum atomic E-state index is 0.593. The van der Waals surface area contributed by atoms with Crippen molar-refractivity contribution in [1.82, 2.24) is 0 Å². The van der Waals surface area contributed by atoms with Gasteiger partial charge >= 0.3 is 0 Å². The Kier molecular flexibility index (Phi) is 3.18. The van der Waals surface area contributed by atoms with E-state index >= 15 is 0 Å². The Labute approximate surface area is 96.2 Å². The molecule has 2 heteroatoms. The zero-order valence-corrected chi connectivity index (χ0v) is 9.99. The molecule has 0 unspecified atom stereocenters. The number of furan rings is 1. The summed E-state index contributed by atoms with van der Waals surface area (Å²) in [5.41, 5.74) is 2.07. The predicted molar refractivity (Wildman–Crippen MR) is 65.6 cm³/mol. The Hall–Kier alpha value is -1.44. The second-order valence-electron chi connectivity index (χ2n) is 4.28. The molecule has 0 aliphatic heterocycles. The molecule has 0 spiro atoms. The molecular weight excluding hydrogens is 200 g/mol. The van der Waals surface area contributed by atoms with E-state index in [9.17, 15) is 0 Å². The van der Waals surface area contributed by atoms with E-state index in [0.717, 1.165) is 23.1 Å². The molecule has 0 N–H and O–H groups in total. The van der Waals surface area contributed by atoms with Crippen LogP contribution in [-0.2, 0) is 6.42 Å². The number of benzene rings is 1. The highest BCUT2D eigenvalue weighted by molar-refractivity contribution is 5.86. The van der Waals surface area contributed by atoms with E-state index in [2.05, 4.69) is 26.3 Å². The summed E-state index contributed by atoms with van der Waals surface area (Å²) in [6, 6.07) is 5.99. The molecule has 1 aromatic heterocycles. The summed E-state index contributed by atoms with van der Waals surface area (Å²) in [5.74, 6) is 1.39. The normalized spacial score (nSPS) is 11.2. The average Bonchev–Trinajstić information content (AvgIpc) is 2.69. The predicted octanol–water partition coefficient (Wildman–Crippen LogP) is 3.84. The van der Waals surface area contributed by atoms with Gasteiger partial charge in [-0.2, -0.15) is 0 Å². The second-order valence-corrected chi connectivity index (χ2v) is 4.28. The van der Waals surface area contributed by atoms with Crippen LogP contribution in [-0.4, -0.2) is 7.11 Å². The van der Waals surface area contributed by atoms with Crippen LogP contribution in [0.15, 0.2) is 28.9 Å². The summed E-state index contributed by atoms with van der Waals surface area (Å²) < 4.78 is 10.8. The molecular formula is C14H17O2. The van der Waals surface area contributed by atoms with Crippen LogP contribution >= 0.6 is 0 Å². The van der Waals surface area contributed by atoms with E-state index in [-0.39, 0.29) is 0 Å². The first-order valence-electron chi connectivity index (χ1n) is 5.58. The molecule has 1 radical (unpaired) electrons. The van der Waals surface area contributed by atoms with Gasteiger partial charge in [0.2, 0.25) is 0 Å². The van der Waals surface area contributed by atoms with Gasteiger partial charge in [0.05, 0.1) is 13.4 Å². The maximum Gasteiger partial charge on any atom is 0.175 e. The van der Waals surface area contributed by atoms with Crippen molar-refractivity contribution in [1.29, 1.82) is 0 Å². The third-order valence-corrected chi connectivity index (χ3v) is 2.67. The number of hydrogen-bond donors (Lipinski definition) is 0. The van der Waals surface area contributed by atoms with Crippen LogP contribution in [0.1, 0.15) is 19.4 Å². The molecule has 0 amide bonds. The summed E-state index contributed by atoms with van der Waals surface area (Å²) in [6.07, 6.45) is 5.05. The van der Waals surface area contributed by atoms with Crippen molar-refractivity contribution in [3.8, 4) is 5.75 Å². The molecule has 1 aromatic carbocycles. The van der Waals surface area contributed by atoms with Crippen molar-refractivity contribution < 1.29 is 9.15 Å². The quantitative estimate of drug-likeness (QED) is 0.776. The first-order chi connectivity index (χ1) is 7.72. The van der Waals surface area contributed by atoms with Crippen LogP contribution < -0.4 is 4.74 Å². The lowest BCUT2D eigenvalue weighted by atomic mass is 10.0. The average molecular weight is 217 g/mol. The third-order valence-electron chi connectivity index (χ3n) is 2.67. The summed E-state index contributed by atoms with van der Waals surface area (Å²) >= 11 is 0. The van der Waals surface area contributed by atoms with Crippen molar-refractivity contribution >= 4 is 11.0 Å². The van der Waals surface area contributed by atoms with E-state index in [1.54, 1.807) is 7.11 Å². The number of ether oxygens (including phenoxy) is 1. The molecule has 0 fully saturated rings. The monoisotopic (exact) mass is 217 g/mol.